The van der Waals surface area contributed by atoms with Crippen LogP contribution in [0.1, 0.15) is 60.3 Å². The molecule has 0 saturated carbocycles. The molecule has 0 spiro atoms. The smallest absolute Gasteiger partial charge is 0.194 e. The molecule has 0 radical (unpaired) electrons. The predicted octanol–water partition coefficient (Wildman–Crippen LogP) is 6.24. The van der Waals surface area contributed by atoms with Crippen molar-refractivity contribution in [2.24, 2.45) is 0 Å². The van der Waals surface area contributed by atoms with Crippen LogP contribution >= 0.6 is 11.3 Å². The Morgan fingerprint density at radius 3 is 2.23 bits per heavy atom. The quantitative estimate of drug-likeness (QED) is 0.378. The van der Waals surface area contributed by atoms with Crippen molar-refractivity contribution in [3.8, 4) is 12.1 Å². The molecular weight excluding hydrogens is 390 g/mol. The van der Waals surface area contributed by atoms with Crippen LogP contribution in [0.25, 0.3) is 11.6 Å². The summed E-state index contributed by atoms with van der Waals surface area (Å²) >= 11 is 1.65. The van der Waals surface area contributed by atoms with Crippen LogP contribution < -0.4 is 4.90 Å². The molecule has 0 N–H and O–H groups in total. The fourth-order valence-electron chi connectivity index (χ4n) is 3.61. The summed E-state index contributed by atoms with van der Waals surface area (Å²) in [5.74, 6) is -0.132. The highest BCUT2D eigenvalue weighted by atomic mass is 32.1. The number of hydrogen-bond acceptors (Lipinski definition) is 5. The van der Waals surface area contributed by atoms with E-state index in [2.05, 4.69) is 24.8 Å². The fourth-order valence-corrected chi connectivity index (χ4v) is 4.61. The lowest BCUT2D eigenvalue weighted by molar-refractivity contribution is 0.104. The molecule has 0 aliphatic heterocycles. The number of rotatable bonds is 8. The molecule has 0 bridgehead atoms. The van der Waals surface area contributed by atoms with Crippen LogP contribution in [0.3, 0.4) is 0 Å². The summed E-state index contributed by atoms with van der Waals surface area (Å²) in [4.78, 5) is 16.4. The van der Waals surface area contributed by atoms with Crippen molar-refractivity contribution in [2.75, 3.05) is 18.0 Å². The minimum atomic E-state index is -0.132. The van der Waals surface area contributed by atoms with Crippen LogP contribution in [-0.2, 0) is 0 Å². The van der Waals surface area contributed by atoms with Crippen molar-refractivity contribution < 1.29 is 4.79 Å². The Kier molecular flexibility index (Phi) is 7.22. The lowest BCUT2D eigenvalue weighted by atomic mass is 9.99. The molecule has 3 rings (SSSR count). The van der Waals surface area contributed by atoms with Gasteiger partial charge in [0.2, 0.25) is 0 Å². The second-order valence-electron chi connectivity index (χ2n) is 7.28. The molecule has 4 nitrogen and oxygen atoms in total. The lowest BCUT2D eigenvalue weighted by Crippen LogP contribution is -2.24. The van der Waals surface area contributed by atoms with Gasteiger partial charge in [-0.15, -0.1) is 11.3 Å². The number of hydrogen-bond donors (Lipinski definition) is 0. The summed E-state index contributed by atoms with van der Waals surface area (Å²) in [5, 5.41) is 20.1. The minimum absolute atomic E-state index is 0.0242. The molecule has 1 aliphatic carbocycles. The largest absolute Gasteiger partial charge is 0.363 e. The first kappa shape index (κ1) is 21.6. The highest BCUT2D eigenvalue weighted by Crippen LogP contribution is 2.40. The third kappa shape index (κ3) is 4.37. The maximum atomic E-state index is 13.0. The second kappa shape index (κ2) is 10.1. The average molecular weight is 416 g/mol. The van der Waals surface area contributed by atoms with Gasteiger partial charge in [-0.25, -0.2) is 0 Å². The van der Waals surface area contributed by atoms with Gasteiger partial charge in [0.25, 0.3) is 0 Å². The minimum Gasteiger partial charge on any atom is -0.363 e. The first-order valence-electron chi connectivity index (χ1n) is 10.4. The summed E-state index contributed by atoms with van der Waals surface area (Å²) in [7, 11) is 0. The van der Waals surface area contributed by atoms with Crippen LogP contribution in [-0.4, -0.2) is 18.9 Å². The number of thiophene rings is 1. The third-order valence-corrected chi connectivity index (χ3v) is 6.30. The number of ketones is 1. The normalized spacial score (nSPS) is 13.8. The second-order valence-corrected chi connectivity index (χ2v) is 8.37. The molecule has 0 atom stereocenters. The molecule has 0 unspecified atom stereocenters. The van der Waals surface area contributed by atoms with E-state index in [9.17, 15) is 15.3 Å². The molecule has 0 amide bonds. The van der Waals surface area contributed by atoms with E-state index >= 15 is 0 Å². The Balaban J connectivity index is 2.00. The fraction of sp³-hybridized carbons (Fsp3) is 0.320. The van der Waals surface area contributed by atoms with E-state index in [4.69, 9.17) is 0 Å². The number of nitrogens with zero attached hydrogens (tertiary/aromatic N) is 3. The summed E-state index contributed by atoms with van der Waals surface area (Å²) in [6.07, 6.45) is 6.42. The zero-order valence-corrected chi connectivity index (χ0v) is 18.3. The van der Waals surface area contributed by atoms with Gasteiger partial charge in [-0.1, -0.05) is 51.0 Å². The van der Waals surface area contributed by atoms with Crippen LogP contribution in [0.4, 0.5) is 5.00 Å². The van der Waals surface area contributed by atoms with E-state index < -0.39 is 0 Å². The van der Waals surface area contributed by atoms with Gasteiger partial charge in [-0.2, -0.15) is 10.5 Å². The monoisotopic (exact) mass is 415 g/mol. The van der Waals surface area contributed by atoms with Crippen molar-refractivity contribution in [2.45, 2.75) is 39.5 Å². The number of carbonyl (C=O) groups is 1. The van der Waals surface area contributed by atoms with E-state index in [0.717, 1.165) is 43.6 Å². The molecule has 1 aliphatic rings. The maximum Gasteiger partial charge on any atom is 0.194 e. The Morgan fingerprint density at radius 1 is 1.00 bits per heavy atom. The average Bonchev–Trinajstić information content (AvgIpc) is 3.34. The molecule has 0 saturated heterocycles. The first-order chi connectivity index (χ1) is 14.6. The SMILES string of the molecule is CCCCN(CCCC)c1ccc(/C=C2\C(=O)c3ccccc3C2=C(C#N)C#N)s1. The number of unbranched alkanes of at least 4 members (excludes halogenated alkanes) is 2. The van der Waals surface area contributed by atoms with E-state index in [0.29, 0.717) is 22.3 Å². The predicted molar refractivity (Wildman–Crippen MR) is 123 cm³/mol. The van der Waals surface area contributed by atoms with Gasteiger partial charge < -0.3 is 4.90 Å². The molecule has 1 aromatic carbocycles. The summed E-state index contributed by atoms with van der Waals surface area (Å²) in [6.45, 7) is 6.44. The van der Waals surface area contributed by atoms with Crippen molar-refractivity contribution in [1.82, 2.24) is 0 Å². The number of benzene rings is 1. The van der Waals surface area contributed by atoms with E-state index in [1.54, 1.807) is 29.5 Å². The topological polar surface area (TPSA) is 67.9 Å². The number of fused-ring (bicyclic) bond motifs is 1. The maximum absolute atomic E-state index is 13.0. The highest BCUT2D eigenvalue weighted by molar-refractivity contribution is 7.17. The first-order valence-corrected chi connectivity index (χ1v) is 11.2. The molecule has 152 valence electrons. The number of anilines is 1. The number of Topliss-reactive ketones (excluding diaryl/α,β-unsaturated/α-hetero) is 1. The molecule has 1 heterocycles. The van der Waals surface area contributed by atoms with Gasteiger partial charge in [0, 0.05) is 34.7 Å². The van der Waals surface area contributed by atoms with Crippen molar-refractivity contribution in [3.63, 3.8) is 0 Å². The van der Waals surface area contributed by atoms with Crippen LogP contribution in [0.5, 0.6) is 0 Å². The van der Waals surface area contributed by atoms with Crippen LogP contribution in [0.2, 0.25) is 0 Å². The summed E-state index contributed by atoms with van der Waals surface area (Å²) in [6, 6.07) is 15.2. The number of carbonyl (C=O) groups excluding carboxylic acids is 1. The Morgan fingerprint density at radius 2 is 1.63 bits per heavy atom. The molecule has 1 aromatic heterocycles. The molecular formula is C25H25N3OS. The van der Waals surface area contributed by atoms with Gasteiger partial charge in [-0.3, -0.25) is 4.79 Å². The summed E-state index contributed by atoms with van der Waals surface area (Å²) in [5.41, 5.74) is 2.06. The number of allylic oxidation sites excluding steroid dienone is 3. The highest BCUT2D eigenvalue weighted by Gasteiger charge is 2.32. The van der Waals surface area contributed by atoms with Gasteiger partial charge in [0.05, 0.1) is 5.00 Å². The Bertz CT molecular complexity index is 1050. The standard InChI is InChI=1S/C25H25N3OS/c1-3-5-13-28(14-6-4-2)23-12-11-19(30-23)15-22-24(18(16-26)17-27)20-9-7-8-10-21(20)25(22)29/h7-12,15H,3-6,13-14H2,1-2H3/b22-15-. The molecule has 5 heteroatoms. The van der Waals surface area contributed by atoms with Gasteiger partial charge >= 0.3 is 0 Å². The zero-order chi connectivity index (χ0) is 21.5. The van der Waals surface area contributed by atoms with Gasteiger partial charge in [0.15, 0.2) is 5.78 Å². The van der Waals surface area contributed by atoms with E-state index in [1.165, 1.54) is 5.00 Å². The van der Waals surface area contributed by atoms with Crippen LogP contribution in [0, 0.1) is 22.7 Å². The molecule has 2 aromatic rings. The van der Waals surface area contributed by atoms with Crippen molar-refractivity contribution in [1.29, 1.82) is 10.5 Å². The molecule has 0 fully saturated rings. The van der Waals surface area contributed by atoms with E-state index in [1.807, 2.05) is 30.3 Å². The Labute approximate surface area is 182 Å². The number of nitriles is 2. The van der Waals surface area contributed by atoms with Crippen LogP contribution in [0.15, 0.2) is 47.5 Å². The van der Waals surface area contributed by atoms with Gasteiger partial charge in [-0.05, 0) is 36.6 Å². The lowest BCUT2D eigenvalue weighted by Gasteiger charge is -2.22. The molecule has 30 heavy (non-hydrogen) atoms. The van der Waals surface area contributed by atoms with Crippen molar-refractivity contribution in [3.05, 3.63) is 63.5 Å². The Hall–Kier alpha value is -3.15. The van der Waals surface area contributed by atoms with Crippen molar-refractivity contribution >= 4 is 33.8 Å². The zero-order valence-electron chi connectivity index (χ0n) is 17.4. The summed E-state index contributed by atoms with van der Waals surface area (Å²) < 4.78 is 0. The van der Waals surface area contributed by atoms with Gasteiger partial charge in [0.1, 0.15) is 17.7 Å². The van der Waals surface area contributed by atoms with E-state index in [-0.39, 0.29) is 11.4 Å². The third-order valence-electron chi connectivity index (χ3n) is 5.20.